The van der Waals surface area contributed by atoms with E-state index < -0.39 is 12.1 Å². The lowest BCUT2D eigenvalue weighted by molar-refractivity contribution is -0.133. The van der Waals surface area contributed by atoms with Gasteiger partial charge in [-0.15, -0.1) is 0 Å². The Morgan fingerprint density at radius 1 is 1.50 bits per heavy atom. The Hall–Kier alpha value is -1.09. The number of rotatable bonds is 2. The van der Waals surface area contributed by atoms with E-state index in [-0.39, 0.29) is 16.9 Å². The van der Waals surface area contributed by atoms with Gasteiger partial charge < -0.3 is 10.2 Å². The highest BCUT2D eigenvalue weighted by Gasteiger charge is 2.45. The Morgan fingerprint density at radius 3 is 2.78 bits per heavy atom. The van der Waals surface area contributed by atoms with Crippen LogP contribution in [0.5, 0.6) is 0 Å². The van der Waals surface area contributed by atoms with Crippen molar-refractivity contribution in [1.29, 1.82) is 0 Å². The van der Waals surface area contributed by atoms with Crippen LogP contribution in [0.4, 0.5) is 0 Å². The molecule has 1 fully saturated rings. The molecule has 0 amide bonds. The third-order valence-electron chi connectivity index (χ3n) is 4.91. The van der Waals surface area contributed by atoms with Crippen LogP contribution in [0.25, 0.3) is 0 Å². The molecule has 0 heterocycles. The number of hydrogen-bond donors (Lipinski definition) is 2. The Kier molecular flexibility index (Phi) is 3.37. The third-order valence-corrected chi connectivity index (χ3v) is 4.91. The number of allylic oxidation sites excluding steroid dienone is 1. The first-order valence-electron chi connectivity index (χ1n) is 6.65. The van der Waals surface area contributed by atoms with Crippen LogP contribution < -0.4 is 0 Å². The van der Waals surface area contributed by atoms with Gasteiger partial charge in [-0.3, -0.25) is 0 Å². The fourth-order valence-electron chi connectivity index (χ4n) is 3.58. The standard InChI is InChI=1S/C15H22O3/c1-9-5-4-6-15(3)12(9)7-11(8-13(15)16)10(2)14(17)18/h11,13,16H,2,4-8H2,1,3H3,(H,17,18)/t11?,13-,15-/m0/s1. The van der Waals surface area contributed by atoms with Crippen molar-refractivity contribution in [3.63, 3.8) is 0 Å². The van der Waals surface area contributed by atoms with Crippen molar-refractivity contribution in [2.75, 3.05) is 0 Å². The van der Waals surface area contributed by atoms with Gasteiger partial charge in [0.2, 0.25) is 0 Å². The first kappa shape index (κ1) is 13.3. The molecule has 0 radical (unpaired) electrons. The quantitative estimate of drug-likeness (QED) is 0.585. The van der Waals surface area contributed by atoms with Crippen molar-refractivity contribution in [2.24, 2.45) is 11.3 Å². The zero-order valence-corrected chi connectivity index (χ0v) is 11.2. The van der Waals surface area contributed by atoms with Gasteiger partial charge in [-0.1, -0.05) is 24.6 Å². The summed E-state index contributed by atoms with van der Waals surface area (Å²) in [5.41, 5.74) is 2.71. The molecule has 0 aromatic heterocycles. The summed E-state index contributed by atoms with van der Waals surface area (Å²) < 4.78 is 0. The molecule has 2 aliphatic carbocycles. The van der Waals surface area contributed by atoms with Gasteiger partial charge in [0.1, 0.15) is 0 Å². The van der Waals surface area contributed by atoms with Crippen LogP contribution in [-0.2, 0) is 4.79 Å². The smallest absolute Gasteiger partial charge is 0.331 e. The molecule has 100 valence electrons. The molecule has 0 saturated heterocycles. The molecule has 2 rings (SSSR count). The van der Waals surface area contributed by atoms with Crippen molar-refractivity contribution in [3.05, 3.63) is 23.3 Å². The molecule has 0 aliphatic heterocycles. The molecule has 0 aromatic rings. The van der Waals surface area contributed by atoms with Crippen molar-refractivity contribution in [2.45, 2.75) is 52.1 Å². The number of hydrogen-bond acceptors (Lipinski definition) is 2. The normalized spacial score (nSPS) is 36.2. The summed E-state index contributed by atoms with van der Waals surface area (Å²) in [6.07, 6.45) is 4.03. The molecule has 2 N–H and O–H groups in total. The van der Waals surface area contributed by atoms with Crippen LogP contribution in [0.1, 0.15) is 46.0 Å². The molecule has 18 heavy (non-hydrogen) atoms. The van der Waals surface area contributed by atoms with E-state index in [9.17, 15) is 9.90 Å². The predicted octanol–water partition coefficient (Wildman–Crippen LogP) is 2.90. The first-order valence-corrected chi connectivity index (χ1v) is 6.65. The fourth-order valence-corrected chi connectivity index (χ4v) is 3.58. The molecule has 0 bridgehead atoms. The van der Waals surface area contributed by atoms with Crippen LogP contribution >= 0.6 is 0 Å². The topological polar surface area (TPSA) is 57.5 Å². The second-order valence-corrected chi connectivity index (χ2v) is 6.01. The minimum absolute atomic E-state index is 0.117. The maximum absolute atomic E-state index is 11.0. The number of carbonyl (C=O) groups is 1. The van der Waals surface area contributed by atoms with E-state index in [2.05, 4.69) is 20.4 Å². The van der Waals surface area contributed by atoms with Gasteiger partial charge in [-0.05, 0) is 44.9 Å². The second kappa shape index (κ2) is 4.54. The van der Waals surface area contributed by atoms with Gasteiger partial charge in [0.05, 0.1) is 6.10 Å². The highest BCUT2D eigenvalue weighted by Crippen LogP contribution is 2.52. The summed E-state index contributed by atoms with van der Waals surface area (Å²) in [5.74, 6) is -1.06. The molecule has 0 spiro atoms. The molecule has 3 nitrogen and oxygen atoms in total. The molecule has 2 aliphatic rings. The second-order valence-electron chi connectivity index (χ2n) is 6.01. The van der Waals surface area contributed by atoms with Crippen molar-refractivity contribution in [3.8, 4) is 0 Å². The number of carboxylic acids is 1. The van der Waals surface area contributed by atoms with Crippen LogP contribution in [0, 0.1) is 11.3 Å². The summed E-state index contributed by atoms with van der Waals surface area (Å²) in [7, 11) is 0. The average molecular weight is 250 g/mol. The SMILES string of the molecule is C=C(C(=O)O)C1CC2=C(C)CCC[C@]2(C)[C@@H](O)C1. The summed E-state index contributed by atoms with van der Waals surface area (Å²) in [6, 6.07) is 0. The largest absolute Gasteiger partial charge is 0.478 e. The molecule has 1 unspecified atom stereocenters. The van der Waals surface area contributed by atoms with E-state index in [0.29, 0.717) is 6.42 Å². The zero-order valence-electron chi connectivity index (χ0n) is 11.2. The molecular formula is C15H22O3. The monoisotopic (exact) mass is 250 g/mol. The van der Waals surface area contributed by atoms with E-state index in [1.54, 1.807) is 0 Å². The average Bonchev–Trinajstić information content (AvgIpc) is 2.30. The summed E-state index contributed by atoms with van der Waals surface area (Å²) in [6.45, 7) is 7.90. The molecule has 0 aromatic carbocycles. The Balaban J connectivity index is 2.32. The number of aliphatic hydroxyl groups excluding tert-OH is 1. The van der Waals surface area contributed by atoms with Crippen molar-refractivity contribution >= 4 is 5.97 Å². The third kappa shape index (κ3) is 2.01. The van der Waals surface area contributed by atoms with Crippen molar-refractivity contribution < 1.29 is 15.0 Å². The maximum atomic E-state index is 11.0. The van der Waals surface area contributed by atoms with Gasteiger partial charge in [0, 0.05) is 11.0 Å². The fraction of sp³-hybridized carbons (Fsp3) is 0.667. The maximum Gasteiger partial charge on any atom is 0.331 e. The highest BCUT2D eigenvalue weighted by molar-refractivity contribution is 5.86. The highest BCUT2D eigenvalue weighted by atomic mass is 16.4. The van der Waals surface area contributed by atoms with Crippen LogP contribution in [0.15, 0.2) is 23.3 Å². The van der Waals surface area contributed by atoms with Crippen molar-refractivity contribution in [1.82, 2.24) is 0 Å². The summed E-state index contributed by atoms with van der Waals surface area (Å²) in [4.78, 5) is 11.0. The van der Waals surface area contributed by atoms with E-state index in [0.717, 1.165) is 25.7 Å². The van der Waals surface area contributed by atoms with Gasteiger partial charge in [0.25, 0.3) is 0 Å². The Morgan fingerprint density at radius 2 is 2.17 bits per heavy atom. The van der Waals surface area contributed by atoms with E-state index in [4.69, 9.17) is 5.11 Å². The number of carboxylic acid groups (broad SMARTS) is 1. The first-order chi connectivity index (χ1) is 8.36. The number of aliphatic hydroxyl groups is 1. The van der Waals surface area contributed by atoms with E-state index >= 15 is 0 Å². The van der Waals surface area contributed by atoms with Gasteiger partial charge in [-0.25, -0.2) is 4.79 Å². The summed E-state index contributed by atoms with van der Waals surface area (Å²) >= 11 is 0. The van der Waals surface area contributed by atoms with Gasteiger partial charge in [-0.2, -0.15) is 0 Å². The van der Waals surface area contributed by atoms with Gasteiger partial charge >= 0.3 is 5.97 Å². The molecular weight excluding hydrogens is 228 g/mol. The zero-order chi connectivity index (χ0) is 13.5. The Labute approximate surface area is 108 Å². The minimum Gasteiger partial charge on any atom is -0.478 e. The van der Waals surface area contributed by atoms with Crippen LogP contribution in [-0.4, -0.2) is 22.3 Å². The van der Waals surface area contributed by atoms with Crippen LogP contribution in [0.3, 0.4) is 0 Å². The lowest BCUT2D eigenvalue weighted by Gasteiger charge is -2.47. The van der Waals surface area contributed by atoms with E-state index in [1.165, 1.54) is 11.1 Å². The van der Waals surface area contributed by atoms with E-state index in [1.807, 2.05) is 0 Å². The van der Waals surface area contributed by atoms with Crippen LogP contribution in [0.2, 0.25) is 0 Å². The van der Waals surface area contributed by atoms with Gasteiger partial charge in [0.15, 0.2) is 0 Å². The predicted molar refractivity (Wildman–Crippen MR) is 70.2 cm³/mol. The number of fused-ring (bicyclic) bond motifs is 1. The number of aliphatic carboxylic acids is 1. The minimum atomic E-state index is -0.940. The summed E-state index contributed by atoms with van der Waals surface area (Å²) in [5, 5.41) is 19.5. The Bertz CT molecular complexity index is 421. The lowest BCUT2D eigenvalue weighted by atomic mass is 9.59. The lowest BCUT2D eigenvalue weighted by Crippen LogP contribution is -2.43. The molecule has 3 atom stereocenters. The molecule has 1 saturated carbocycles. The molecule has 3 heteroatoms.